The van der Waals surface area contributed by atoms with E-state index in [2.05, 4.69) is 42.2 Å². The molecule has 2 amide bonds. The van der Waals surface area contributed by atoms with Gasteiger partial charge < -0.3 is 15.5 Å². The second-order valence-electron chi connectivity index (χ2n) is 9.69. The molecule has 3 unspecified atom stereocenters. The van der Waals surface area contributed by atoms with Gasteiger partial charge in [0.05, 0.1) is 12.6 Å². The van der Waals surface area contributed by atoms with Crippen molar-refractivity contribution in [2.24, 2.45) is 5.73 Å². The van der Waals surface area contributed by atoms with Gasteiger partial charge >= 0.3 is 0 Å². The Balaban J connectivity index is 1.67. The fourth-order valence-corrected chi connectivity index (χ4v) is 6.38. The van der Waals surface area contributed by atoms with Crippen LogP contribution in [0.5, 0.6) is 0 Å². The van der Waals surface area contributed by atoms with E-state index in [9.17, 15) is 9.59 Å². The van der Waals surface area contributed by atoms with Crippen LogP contribution in [-0.4, -0.2) is 68.3 Å². The van der Waals surface area contributed by atoms with Gasteiger partial charge in [-0.2, -0.15) is 0 Å². The molecule has 190 valence electrons. The number of aromatic nitrogens is 1. The molecule has 2 saturated heterocycles. The van der Waals surface area contributed by atoms with Crippen LogP contribution in [0.15, 0.2) is 47.2 Å². The summed E-state index contributed by atoms with van der Waals surface area (Å²) < 4.78 is 2.26. The number of hydrogen-bond donors (Lipinski definition) is 1. The molecular weight excluding hydrogens is 458 g/mol. The summed E-state index contributed by atoms with van der Waals surface area (Å²) in [6.45, 7) is 7.59. The second kappa shape index (κ2) is 11.7. The number of nitrogens with zero attached hydrogens (tertiary/aromatic N) is 4. The summed E-state index contributed by atoms with van der Waals surface area (Å²) in [5.41, 5.74) is 8.76. The van der Waals surface area contributed by atoms with Gasteiger partial charge in [0.2, 0.25) is 11.8 Å². The maximum atomic E-state index is 13.6. The average molecular weight is 498 g/mol. The van der Waals surface area contributed by atoms with Gasteiger partial charge in [0.1, 0.15) is 12.2 Å². The summed E-state index contributed by atoms with van der Waals surface area (Å²) in [5.74, 6) is -0.0794. The van der Waals surface area contributed by atoms with Gasteiger partial charge in [0, 0.05) is 36.3 Å². The van der Waals surface area contributed by atoms with E-state index in [-0.39, 0.29) is 18.0 Å². The Morgan fingerprint density at radius 3 is 2.57 bits per heavy atom. The topological polar surface area (TPSA) is 82.8 Å². The van der Waals surface area contributed by atoms with Crippen LogP contribution in [-0.2, 0) is 16.0 Å². The molecule has 3 aliphatic rings. The molecular formula is C27H39N5O2S. The van der Waals surface area contributed by atoms with Crippen molar-refractivity contribution in [2.45, 2.75) is 90.0 Å². The van der Waals surface area contributed by atoms with E-state index in [0.717, 1.165) is 44.1 Å². The van der Waals surface area contributed by atoms with E-state index >= 15 is 0 Å². The number of fused-ring (bicyclic) bond motifs is 1. The summed E-state index contributed by atoms with van der Waals surface area (Å²) in [6.07, 6.45) is 14.4. The third-order valence-corrected chi connectivity index (χ3v) is 8.40. The van der Waals surface area contributed by atoms with E-state index in [0.29, 0.717) is 25.6 Å². The Morgan fingerprint density at radius 1 is 1.17 bits per heavy atom. The number of allylic oxidation sites excluding steroid dienone is 3. The summed E-state index contributed by atoms with van der Waals surface area (Å²) in [5, 5.41) is 0. The number of piperazine rings is 1. The maximum Gasteiger partial charge on any atom is 0.246 e. The Morgan fingerprint density at radius 2 is 1.94 bits per heavy atom. The standard InChI is InChI=1S/C27H39N5O2S/c1-4-7-8-11-24(20(5-2)6-3)35-31-17-22(28)26(33)32-23(15-19-10-9-14-29-16-19)27(34)30(18-25(31)32)21-12-13-21/h8-11,14,16,21-23,25H,4-7,12-13,15,17-18,28H2,1-3H3/b11-8-. The van der Waals surface area contributed by atoms with Crippen molar-refractivity contribution in [2.75, 3.05) is 13.1 Å². The number of amides is 2. The molecule has 3 fully saturated rings. The highest BCUT2D eigenvalue weighted by Gasteiger charge is 2.52. The molecule has 0 spiro atoms. The monoisotopic (exact) mass is 497 g/mol. The van der Waals surface area contributed by atoms with Crippen molar-refractivity contribution < 1.29 is 9.59 Å². The minimum atomic E-state index is -0.650. The minimum Gasteiger partial charge on any atom is -0.334 e. The number of nitrogens with two attached hydrogens (primary N) is 1. The summed E-state index contributed by atoms with van der Waals surface area (Å²) in [7, 11) is 0. The minimum absolute atomic E-state index is 0.0430. The highest BCUT2D eigenvalue weighted by atomic mass is 32.2. The smallest absolute Gasteiger partial charge is 0.246 e. The third-order valence-electron chi connectivity index (χ3n) is 7.15. The zero-order chi connectivity index (χ0) is 24.9. The lowest BCUT2D eigenvalue weighted by atomic mass is 9.98. The van der Waals surface area contributed by atoms with Gasteiger partial charge in [-0.05, 0) is 55.7 Å². The number of carbonyl (C=O) groups excluding carboxylic acids is 2. The van der Waals surface area contributed by atoms with Crippen molar-refractivity contribution in [3.8, 4) is 0 Å². The van der Waals surface area contributed by atoms with E-state index < -0.39 is 12.1 Å². The Labute approximate surface area is 213 Å². The molecule has 4 rings (SSSR count). The molecule has 7 nitrogen and oxygen atoms in total. The lowest BCUT2D eigenvalue weighted by molar-refractivity contribution is -0.166. The highest BCUT2D eigenvalue weighted by molar-refractivity contribution is 8.01. The normalized spacial score (nSPS) is 25.3. The number of carbonyl (C=O) groups is 2. The number of hydrogen-bond acceptors (Lipinski definition) is 6. The Bertz CT molecular complexity index is 956. The van der Waals surface area contributed by atoms with Gasteiger partial charge in [0.25, 0.3) is 0 Å². The first-order valence-corrected chi connectivity index (χ1v) is 13.9. The third kappa shape index (κ3) is 5.81. The number of pyridine rings is 1. The van der Waals surface area contributed by atoms with Crippen molar-refractivity contribution in [1.82, 2.24) is 19.1 Å². The van der Waals surface area contributed by atoms with Gasteiger partial charge in [-0.25, -0.2) is 4.31 Å². The predicted molar refractivity (Wildman–Crippen MR) is 141 cm³/mol. The van der Waals surface area contributed by atoms with Gasteiger partial charge in [-0.3, -0.25) is 14.6 Å². The largest absolute Gasteiger partial charge is 0.334 e. The van der Waals surface area contributed by atoms with E-state index in [4.69, 9.17) is 5.73 Å². The van der Waals surface area contributed by atoms with E-state index in [1.54, 1.807) is 29.2 Å². The summed E-state index contributed by atoms with van der Waals surface area (Å²) >= 11 is 1.71. The van der Waals surface area contributed by atoms with Crippen LogP contribution in [0.25, 0.3) is 0 Å². The van der Waals surface area contributed by atoms with Crippen LogP contribution >= 0.6 is 11.9 Å². The number of unbranched alkanes of at least 4 members (excludes halogenated alkanes) is 1. The van der Waals surface area contributed by atoms with Crippen LogP contribution in [0.2, 0.25) is 0 Å². The Kier molecular flexibility index (Phi) is 8.68. The van der Waals surface area contributed by atoms with E-state index in [1.807, 2.05) is 17.0 Å². The molecule has 1 aromatic rings. The first kappa shape index (κ1) is 25.9. The summed E-state index contributed by atoms with van der Waals surface area (Å²) in [6, 6.07) is 2.94. The van der Waals surface area contributed by atoms with Gasteiger partial charge in [-0.1, -0.05) is 51.0 Å². The van der Waals surface area contributed by atoms with Crippen molar-refractivity contribution in [3.05, 3.63) is 52.7 Å². The number of rotatable bonds is 10. The SMILES string of the molecule is CCC/C=C\C(SN1CC(N)C(=O)N2C(Cc3cccnc3)C(=O)N(C3CC3)CC12)=C(CC)CC. The maximum absolute atomic E-state index is 13.6. The molecule has 0 bridgehead atoms. The van der Waals surface area contributed by atoms with Crippen LogP contribution in [0.3, 0.4) is 0 Å². The Hall–Kier alpha value is -2.16. The first-order valence-electron chi connectivity index (χ1n) is 13.1. The zero-order valence-corrected chi connectivity index (χ0v) is 22.0. The van der Waals surface area contributed by atoms with Gasteiger partial charge in [0.15, 0.2) is 0 Å². The van der Waals surface area contributed by atoms with Crippen LogP contribution in [0.4, 0.5) is 0 Å². The van der Waals surface area contributed by atoms with Gasteiger partial charge in [-0.15, -0.1) is 0 Å². The van der Waals surface area contributed by atoms with Crippen LogP contribution in [0.1, 0.15) is 64.9 Å². The quantitative estimate of drug-likeness (QED) is 0.390. The summed E-state index contributed by atoms with van der Waals surface area (Å²) in [4.78, 5) is 36.4. The molecule has 0 radical (unpaired) electrons. The zero-order valence-electron chi connectivity index (χ0n) is 21.2. The fourth-order valence-electron chi connectivity index (χ4n) is 5.02. The van der Waals surface area contributed by atoms with E-state index in [1.165, 1.54) is 10.5 Å². The lowest BCUT2D eigenvalue weighted by Gasteiger charge is -2.53. The highest BCUT2D eigenvalue weighted by Crippen LogP contribution is 2.39. The van der Waals surface area contributed by atoms with Crippen LogP contribution < -0.4 is 5.73 Å². The molecule has 2 N–H and O–H groups in total. The predicted octanol–water partition coefficient (Wildman–Crippen LogP) is 3.87. The first-order chi connectivity index (χ1) is 17.0. The molecule has 1 aromatic heterocycles. The molecule has 1 saturated carbocycles. The molecule has 8 heteroatoms. The molecule has 3 heterocycles. The van der Waals surface area contributed by atoms with Crippen molar-refractivity contribution in [1.29, 1.82) is 0 Å². The molecule has 0 aromatic carbocycles. The lowest BCUT2D eigenvalue weighted by Crippen LogP contribution is -2.74. The van der Waals surface area contributed by atoms with Crippen molar-refractivity contribution >= 4 is 23.8 Å². The molecule has 35 heavy (non-hydrogen) atoms. The van der Waals surface area contributed by atoms with Crippen LogP contribution in [0, 0.1) is 0 Å². The second-order valence-corrected chi connectivity index (χ2v) is 10.8. The molecule has 1 aliphatic carbocycles. The fraction of sp³-hybridized carbons (Fsp3) is 0.593. The van der Waals surface area contributed by atoms with Crippen molar-refractivity contribution in [3.63, 3.8) is 0 Å². The average Bonchev–Trinajstić information content (AvgIpc) is 3.70. The molecule has 3 atom stereocenters. The molecule has 2 aliphatic heterocycles.